The summed E-state index contributed by atoms with van der Waals surface area (Å²) in [4.78, 5) is 0. The number of rotatable bonds is 4. The minimum atomic E-state index is 0.0344. The summed E-state index contributed by atoms with van der Waals surface area (Å²) in [5.74, 6) is 0. The van der Waals surface area contributed by atoms with Crippen LogP contribution in [0.4, 0.5) is 0 Å². The van der Waals surface area contributed by atoms with E-state index in [9.17, 15) is 0 Å². The van der Waals surface area contributed by atoms with Gasteiger partial charge in [0.2, 0.25) is 0 Å². The highest BCUT2D eigenvalue weighted by Crippen LogP contribution is 2.54. The van der Waals surface area contributed by atoms with E-state index in [1.165, 1.54) is 66.4 Å². The maximum Gasteiger partial charge on any atom is 0.102 e. The molecule has 0 amide bonds. The van der Waals surface area contributed by atoms with Crippen LogP contribution in [0.15, 0.2) is 146 Å². The van der Waals surface area contributed by atoms with E-state index in [0.29, 0.717) is 0 Å². The van der Waals surface area contributed by atoms with Gasteiger partial charge in [0.05, 0.1) is 0 Å². The molecule has 2 aliphatic rings. The van der Waals surface area contributed by atoms with Crippen LogP contribution in [0.25, 0.3) is 55.3 Å². The van der Waals surface area contributed by atoms with Crippen molar-refractivity contribution >= 4 is 10.8 Å². The van der Waals surface area contributed by atoms with Crippen LogP contribution in [-0.2, 0) is 4.74 Å². The average Bonchev–Trinajstić information content (AvgIpc) is 3.63. The van der Waals surface area contributed by atoms with Gasteiger partial charge in [0, 0.05) is 0 Å². The van der Waals surface area contributed by atoms with Crippen molar-refractivity contribution in [3.8, 4) is 44.5 Å². The van der Waals surface area contributed by atoms with E-state index in [4.69, 9.17) is 4.74 Å². The molecule has 0 radical (unpaired) electrons. The zero-order valence-corrected chi connectivity index (χ0v) is 21.4. The first kappa shape index (κ1) is 22.3. The molecule has 0 aliphatic carbocycles. The van der Waals surface area contributed by atoms with Crippen molar-refractivity contribution in [2.24, 2.45) is 0 Å². The van der Waals surface area contributed by atoms with E-state index in [0.717, 1.165) is 0 Å². The van der Waals surface area contributed by atoms with Crippen LogP contribution in [0.3, 0.4) is 0 Å². The smallest absolute Gasteiger partial charge is 0.102 e. The van der Waals surface area contributed by atoms with E-state index in [-0.39, 0.29) is 12.2 Å². The first-order chi connectivity index (χ1) is 19.4. The van der Waals surface area contributed by atoms with Crippen molar-refractivity contribution in [2.75, 3.05) is 0 Å². The minimum Gasteiger partial charge on any atom is -0.357 e. The molecule has 2 aliphatic heterocycles. The molecule has 6 aromatic carbocycles. The fraction of sp³-hybridized carbons (Fsp3) is 0.0526. The Morgan fingerprint density at radius 2 is 0.667 bits per heavy atom. The predicted molar refractivity (Wildman–Crippen MR) is 161 cm³/mol. The molecule has 1 nitrogen and oxygen atoms in total. The van der Waals surface area contributed by atoms with Crippen LogP contribution < -0.4 is 0 Å². The normalized spacial score (nSPS) is 17.0. The fourth-order valence-electron chi connectivity index (χ4n) is 6.46. The van der Waals surface area contributed by atoms with Crippen molar-refractivity contribution in [1.29, 1.82) is 0 Å². The van der Waals surface area contributed by atoms with E-state index >= 15 is 0 Å². The summed E-state index contributed by atoms with van der Waals surface area (Å²) in [6.07, 6.45) is 4.48. The lowest BCUT2D eigenvalue weighted by molar-refractivity contribution is 0.0879. The number of benzene rings is 6. The molecular weight excluding hydrogens is 472 g/mol. The van der Waals surface area contributed by atoms with Crippen molar-refractivity contribution in [1.82, 2.24) is 0 Å². The molecule has 2 heterocycles. The molecule has 39 heavy (non-hydrogen) atoms. The Balaban J connectivity index is 1.64. The molecule has 2 atom stereocenters. The quantitative estimate of drug-likeness (QED) is 0.220. The van der Waals surface area contributed by atoms with E-state index < -0.39 is 0 Å². The second-order valence-electron chi connectivity index (χ2n) is 10.4. The summed E-state index contributed by atoms with van der Waals surface area (Å²) in [7, 11) is 0. The van der Waals surface area contributed by atoms with Gasteiger partial charge in [-0.2, -0.15) is 0 Å². The molecule has 0 fully saturated rings. The molecule has 6 aromatic rings. The molecule has 0 saturated carbocycles. The van der Waals surface area contributed by atoms with E-state index in [1.54, 1.807) is 0 Å². The summed E-state index contributed by atoms with van der Waals surface area (Å²) in [6.45, 7) is 0. The number of hydrogen-bond donors (Lipinski definition) is 0. The molecule has 0 spiro atoms. The fourth-order valence-corrected chi connectivity index (χ4v) is 6.46. The highest BCUT2D eigenvalue weighted by molar-refractivity contribution is 6.18. The van der Waals surface area contributed by atoms with Crippen molar-refractivity contribution < 1.29 is 4.74 Å². The minimum absolute atomic E-state index is 0.0344. The molecule has 8 rings (SSSR count). The SMILES string of the molecule is C1=CC2OC1c1cc3c(-c4ccccc4)c(-c4ccccc4)c(-c4ccccc4)c(-c4ccccc4)c3cc12. The third-order valence-electron chi connectivity index (χ3n) is 8.13. The molecule has 2 bridgehead atoms. The van der Waals surface area contributed by atoms with Gasteiger partial charge < -0.3 is 4.74 Å². The molecule has 1 heteroatoms. The highest BCUT2D eigenvalue weighted by Gasteiger charge is 2.35. The van der Waals surface area contributed by atoms with Crippen LogP contribution in [-0.4, -0.2) is 0 Å². The van der Waals surface area contributed by atoms with Gasteiger partial charge in [-0.05, 0) is 78.5 Å². The van der Waals surface area contributed by atoms with Crippen LogP contribution in [0.1, 0.15) is 23.3 Å². The number of fused-ring (bicyclic) bond motifs is 6. The zero-order chi connectivity index (χ0) is 25.8. The lowest BCUT2D eigenvalue weighted by Gasteiger charge is -2.25. The molecule has 2 unspecified atom stereocenters. The van der Waals surface area contributed by atoms with Crippen LogP contribution in [0.2, 0.25) is 0 Å². The van der Waals surface area contributed by atoms with Gasteiger partial charge in [0.25, 0.3) is 0 Å². The molecule has 0 saturated heterocycles. The van der Waals surface area contributed by atoms with E-state index in [2.05, 4.69) is 146 Å². The van der Waals surface area contributed by atoms with Gasteiger partial charge in [-0.15, -0.1) is 0 Å². The second-order valence-corrected chi connectivity index (χ2v) is 10.4. The Bertz CT molecular complexity index is 1720. The van der Waals surface area contributed by atoms with Gasteiger partial charge in [-0.1, -0.05) is 133 Å². The van der Waals surface area contributed by atoms with E-state index in [1.807, 2.05) is 0 Å². The molecular formula is C38H26O. The lowest BCUT2D eigenvalue weighted by Crippen LogP contribution is -2.00. The summed E-state index contributed by atoms with van der Waals surface area (Å²) >= 11 is 0. The summed E-state index contributed by atoms with van der Waals surface area (Å²) in [5.41, 5.74) is 12.5. The van der Waals surface area contributed by atoms with Crippen LogP contribution in [0, 0.1) is 0 Å². The summed E-state index contributed by atoms with van der Waals surface area (Å²) < 4.78 is 6.32. The summed E-state index contributed by atoms with van der Waals surface area (Å²) in [5, 5.41) is 2.53. The largest absolute Gasteiger partial charge is 0.357 e. The molecule has 0 N–H and O–H groups in total. The van der Waals surface area contributed by atoms with Crippen LogP contribution in [0.5, 0.6) is 0 Å². The lowest BCUT2D eigenvalue weighted by atomic mass is 9.77. The first-order valence-corrected chi connectivity index (χ1v) is 13.6. The van der Waals surface area contributed by atoms with Gasteiger partial charge in [-0.3, -0.25) is 0 Å². The summed E-state index contributed by atoms with van der Waals surface area (Å²) in [6, 6.07) is 48.3. The van der Waals surface area contributed by atoms with Gasteiger partial charge >= 0.3 is 0 Å². The topological polar surface area (TPSA) is 9.23 Å². The number of hydrogen-bond acceptors (Lipinski definition) is 1. The van der Waals surface area contributed by atoms with Gasteiger partial charge in [0.15, 0.2) is 0 Å². The Kier molecular flexibility index (Phi) is 5.11. The Morgan fingerprint density at radius 3 is 1.00 bits per heavy atom. The third-order valence-corrected chi connectivity index (χ3v) is 8.13. The van der Waals surface area contributed by atoms with Gasteiger partial charge in [0.1, 0.15) is 12.2 Å². The first-order valence-electron chi connectivity index (χ1n) is 13.6. The number of ether oxygens (including phenoxy) is 1. The van der Waals surface area contributed by atoms with Crippen molar-refractivity contribution in [3.05, 3.63) is 157 Å². The monoisotopic (exact) mass is 498 g/mol. The van der Waals surface area contributed by atoms with Gasteiger partial charge in [-0.25, -0.2) is 0 Å². The van der Waals surface area contributed by atoms with Crippen molar-refractivity contribution in [3.63, 3.8) is 0 Å². The predicted octanol–water partition coefficient (Wildman–Crippen LogP) is 10.2. The maximum absolute atomic E-state index is 6.32. The maximum atomic E-state index is 6.32. The molecule has 184 valence electrons. The third kappa shape index (κ3) is 3.51. The Morgan fingerprint density at radius 1 is 0.359 bits per heavy atom. The highest BCUT2D eigenvalue weighted by atomic mass is 16.5. The second kappa shape index (κ2) is 8.94. The van der Waals surface area contributed by atoms with Crippen LogP contribution >= 0.6 is 0 Å². The molecule has 0 aromatic heterocycles. The Hall–Kier alpha value is -4.72. The van der Waals surface area contributed by atoms with Crippen molar-refractivity contribution in [2.45, 2.75) is 12.2 Å². The Labute approximate surface area is 228 Å². The average molecular weight is 499 g/mol. The zero-order valence-electron chi connectivity index (χ0n) is 21.4. The standard InChI is InChI=1S/C38H26O/c1-5-13-25(14-6-1)35-31-23-29-30(34-22-21-33(29)39-34)24-32(31)36(26-15-7-2-8-16-26)38(28-19-11-4-12-20-28)37(35)27-17-9-3-10-18-27/h1-24,33-34H.